The van der Waals surface area contributed by atoms with Crippen LogP contribution in [-0.2, 0) is 6.42 Å². The average molecular weight is 363 g/mol. The van der Waals surface area contributed by atoms with E-state index in [1.807, 2.05) is 30.3 Å². The number of nitrogens with zero attached hydrogens (tertiary/aromatic N) is 1. The molecule has 7 heteroatoms. The van der Waals surface area contributed by atoms with E-state index in [1.54, 1.807) is 6.92 Å². The summed E-state index contributed by atoms with van der Waals surface area (Å²) in [5, 5.41) is 23.9. The first-order valence-corrected chi connectivity index (χ1v) is 8.15. The first-order valence-electron chi connectivity index (χ1n) is 7.77. The van der Waals surface area contributed by atoms with E-state index in [9.17, 15) is 20.0 Å². The molecule has 0 bridgehead atoms. The third-order valence-corrected chi connectivity index (χ3v) is 4.15. The maximum atomic E-state index is 12.2. The summed E-state index contributed by atoms with van der Waals surface area (Å²) in [4.78, 5) is 22.4. The summed E-state index contributed by atoms with van der Waals surface area (Å²) in [5.74, 6) is -0.500. The van der Waals surface area contributed by atoms with Gasteiger partial charge in [0.2, 0.25) is 0 Å². The minimum absolute atomic E-state index is 0.0311. The Morgan fingerprint density at radius 1 is 1.28 bits per heavy atom. The van der Waals surface area contributed by atoms with Crippen LogP contribution in [0.1, 0.15) is 29.3 Å². The summed E-state index contributed by atoms with van der Waals surface area (Å²) in [7, 11) is 0. The van der Waals surface area contributed by atoms with Crippen LogP contribution >= 0.6 is 11.6 Å². The molecule has 0 heterocycles. The molecule has 2 aromatic carbocycles. The van der Waals surface area contributed by atoms with E-state index in [4.69, 9.17) is 11.6 Å². The lowest BCUT2D eigenvalue weighted by atomic mass is 9.96. The zero-order valence-electron chi connectivity index (χ0n) is 13.7. The van der Waals surface area contributed by atoms with Gasteiger partial charge in [-0.2, -0.15) is 0 Å². The van der Waals surface area contributed by atoms with E-state index in [0.717, 1.165) is 11.6 Å². The largest absolute Gasteiger partial charge is 0.388 e. The molecule has 0 aliphatic rings. The lowest BCUT2D eigenvalue weighted by Crippen LogP contribution is -2.41. The number of aliphatic hydroxyl groups is 1. The van der Waals surface area contributed by atoms with Crippen LogP contribution in [0.3, 0.4) is 0 Å². The fraction of sp³-hybridized carbons (Fsp3) is 0.278. The highest BCUT2D eigenvalue weighted by molar-refractivity contribution is 6.32. The number of carbonyl (C=O) groups is 1. The summed E-state index contributed by atoms with van der Waals surface area (Å²) < 4.78 is 0. The maximum Gasteiger partial charge on any atom is 0.288 e. The Hall–Kier alpha value is -2.44. The minimum Gasteiger partial charge on any atom is -0.388 e. The minimum atomic E-state index is -1.09. The third kappa shape index (κ3) is 5.55. The lowest BCUT2D eigenvalue weighted by molar-refractivity contribution is -0.384. The number of nitro groups is 1. The van der Waals surface area contributed by atoms with E-state index < -0.39 is 16.4 Å². The van der Waals surface area contributed by atoms with Crippen molar-refractivity contribution in [2.24, 2.45) is 0 Å². The van der Waals surface area contributed by atoms with Crippen molar-refractivity contribution in [3.05, 3.63) is 74.8 Å². The normalized spacial score (nSPS) is 13.1. The van der Waals surface area contributed by atoms with Crippen LogP contribution in [0.15, 0.2) is 48.5 Å². The number of rotatable bonds is 7. The molecule has 132 valence electrons. The van der Waals surface area contributed by atoms with Crippen molar-refractivity contribution in [3.63, 3.8) is 0 Å². The number of hydrogen-bond donors (Lipinski definition) is 2. The van der Waals surface area contributed by atoms with Gasteiger partial charge in [0.1, 0.15) is 5.02 Å². The van der Waals surface area contributed by atoms with Crippen LogP contribution in [0.4, 0.5) is 5.69 Å². The predicted molar refractivity (Wildman–Crippen MR) is 95.8 cm³/mol. The summed E-state index contributed by atoms with van der Waals surface area (Å²) in [5.41, 5.74) is -0.202. The number of benzene rings is 2. The fourth-order valence-electron chi connectivity index (χ4n) is 2.31. The maximum absolute atomic E-state index is 12.2. The second-order valence-electron chi connectivity index (χ2n) is 6.09. The molecule has 6 nitrogen and oxygen atoms in total. The summed E-state index contributed by atoms with van der Waals surface area (Å²) in [6.07, 6.45) is 1.15. The van der Waals surface area contributed by atoms with Crippen molar-refractivity contribution >= 4 is 23.2 Å². The molecule has 1 unspecified atom stereocenters. The first-order chi connectivity index (χ1) is 11.8. The number of nitro benzene ring substituents is 1. The molecule has 0 fully saturated rings. The van der Waals surface area contributed by atoms with Crippen LogP contribution in [0.5, 0.6) is 0 Å². The van der Waals surface area contributed by atoms with Crippen LogP contribution in [0.25, 0.3) is 0 Å². The highest BCUT2D eigenvalue weighted by Gasteiger charge is 2.22. The van der Waals surface area contributed by atoms with Crippen LogP contribution in [-0.4, -0.2) is 28.1 Å². The van der Waals surface area contributed by atoms with Gasteiger partial charge in [-0.15, -0.1) is 0 Å². The van der Waals surface area contributed by atoms with Crippen LogP contribution in [0.2, 0.25) is 5.02 Å². The molecule has 0 aliphatic carbocycles. The molecule has 0 saturated carbocycles. The zero-order valence-corrected chi connectivity index (χ0v) is 14.5. The van der Waals surface area contributed by atoms with Gasteiger partial charge < -0.3 is 10.4 Å². The van der Waals surface area contributed by atoms with Gasteiger partial charge in [0.05, 0.1) is 10.5 Å². The van der Waals surface area contributed by atoms with Crippen molar-refractivity contribution in [1.82, 2.24) is 5.32 Å². The zero-order chi connectivity index (χ0) is 18.4. The van der Waals surface area contributed by atoms with Gasteiger partial charge in [-0.05, 0) is 37.5 Å². The second kappa shape index (κ2) is 8.09. The smallest absolute Gasteiger partial charge is 0.288 e. The monoisotopic (exact) mass is 362 g/mol. The van der Waals surface area contributed by atoms with E-state index in [2.05, 4.69) is 5.32 Å². The molecule has 2 rings (SSSR count). The molecule has 2 aromatic rings. The van der Waals surface area contributed by atoms with E-state index >= 15 is 0 Å². The van der Waals surface area contributed by atoms with Crippen LogP contribution < -0.4 is 5.32 Å². The molecule has 0 aromatic heterocycles. The molecule has 1 amide bonds. The van der Waals surface area contributed by atoms with Gasteiger partial charge in [0.25, 0.3) is 11.6 Å². The number of hydrogen-bond acceptors (Lipinski definition) is 4. The molecule has 0 spiro atoms. The second-order valence-corrected chi connectivity index (χ2v) is 6.50. The molecular formula is C18H19ClN2O4. The average Bonchev–Trinajstić information content (AvgIpc) is 2.59. The van der Waals surface area contributed by atoms with Gasteiger partial charge in [0.15, 0.2) is 0 Å². The van der Waals surface area contributed by atoms with Crippen molar-refractivity contribution in [2.45, 2.75) is 25.4 Å². The third-order valence-electron chi connectivity index (χ3n) is 3.83. The fourth-order valence-corrected chi connectivity index (χ4v) is 2.50. The molecule has 0 aliphatic heterocycles. The Morgan fingerprint density at radius 2 is 1.96 bits per heavy atom. The lowest BCUT2D eigenvalue weighted by Gasteiger charge is -2.23. The number of nitrogens with one attached hydrogen (secondary N) is 1. The summed E-state index contributed by atoms with van der Waals surface area (Å²) >= 11 is 5.73. The SMILES string of the molecule is CC(O)(CCc1ccccc1)CNC(=O)c1ccc(Cl)c([N+](=O)[O-])c1. The highest BCUT2D eigenvalue weighted by Crippen LogP contribution is 2.25. The van der Waals surface area contributed by atoms with Gasteiger partial charge in [0, 0.05) is 18.2 Å². The van der Waals surface area contributed by atoms with Gasteiger partial charge >= 0.3 is 0 Å². The van der Waals surface area contributed by atoms with E-state index in [1.165, 1.54) is 12.1 Å². The number of amides is 1. The predicted octanol–water partition coefficient (Wildman–Crippen LogP) is 3.36. The van der Waals surface area contributed by atoms with Crippen molar-refractivity contribution < 1.29 is 14.8 Å². The molecule has 2 N–H and O–H groups in total. The molecular weight excluding hydrogens is 344 g/mol. The van der Waals surface area contributed by atoms with Crippen LogP contribution in [0, 0.1) is 10.1 Å². The molecule has 0 radical (unpaired) electrons. The number of halogens is 1. The molecule has 25 heavy (non-hydrogen) atoms. The van der Waals surface area contributed by atoms with Crippen molar-refractivity contribution in [1.29, 1.82) is 0 Å². The Bertz CT molecular complexity index is 763. The van der Waals surface area contributed by atoms with Gasteiger partial charge in [-0.25, -0.2) is 0 Å². The standard InChI is InChI=1S/C18H19ClN2O4/c1-18(23,10-9-13-5-3-2-4-6-13)12-20-17(22)14-7-8-15(19)16(11-14)21(24)25/h2-8,11,23H,9-10,12H2,1H3,(H,20,22). The quantitative estimate of drug-likeness (QED) is 0.583. The number of carbonyl (C=O) groups excluding carboxylic acids is 1. The number of aryl methyl sites for hydroxylation is 1. The Kier molecular flexibility index (Phi) is 6.12. The topological polar surface area (TPSA) is 92.5 Å². The summed E-state index contributed by atoms with van der Waals surface area (Å²) in [6.45, 7) is 1.68. The van der Waals surface area contributed by atoms with E-state index in [0.29, 0.717) is 12.8 Å². The highest BCUT2D eigenvalue weighted by atomic mass is 35.5. The first kappa shape index (κ1) is 18.9. The van der Waals surface area contributed by atoms with Gasteiger partial charge in [-0.1, -0.05) is 41.9 Å². The van der Waals surface area contributed by atoms with Crippen molar-refractivity contribution in [2.75, 3.05) is 6.54 Å². The molecule has 1 atom stereocenters. The van der Waals surface area contributed by atoms with Crippen molar-refractivity contribution in [3.8, 4) is 0 Å². The Labute approximate surface area is 150 Å². The Morgan fingerprint density at radius 3 is 2.60 bits per heavy atom. The Balaban J connectivity index is 1.94. The summed E-state index contributed by atoms with van der Waals surface area (Å²) in [6, 6.07) is 13.6. The van der Waals surface area contributed by atoms with E-state index in [-0.39, 0.29) is 22.8 Å². The van der Waals surface area contributed by atoms with Gasteiger partial charge in [-0.3, -0.25) is 14.9 Å². The molecule has 0 saturated heterocycles.